The maximum atomic E-state index is 13.4. The summed E-state index contributed by atoms with van der Waals surface area (Å²) < 4.78 is 24.0. The first-order valence-electron chi connectivity index (χ1n) is 7.66. The van der Waals surface area contributed by atoms with E-state index in [-0.39, 0.29) is 17.5 Å². The topological polar surface area (TPSA) is 45.9 Å². The van der Waals surface area contributed by atoms with Crippen LogP contribution in [0.3, 0.4) is 0 Å². The van der Waals surface area contributed by atoms with E-state index in [1.165, 1.54) is 12.3 Å². The molecule has 1 saturated heterocycles. The van der Waals surface area contributed by atoms with Crippen LogP contribution in [0.2, 0.25) is 0 Å². The van der Waals surface area contributed by atoms with Crippen molar-refractivity contribution in [3.8, 4) is 5.75 Å². The van der Waals surface area contributed by atoms with Gasteiger partial charge in [-0.2, -0.15) is 0 Å². The summed E-state index contributed by atoms with van der Waals surface area (Å²) in [6, 6.07) is 9.78. The van der Waals surface area contributed by atoms with Crippen LogP contribution < -0.4 is 4.74 Å². The largest absolute Gasteiger partial charge is 0.489 e. The molecule has 23 heavy (non-hydrogen) atoms. The minimum absolute atomic E-state index is 0.0720. The molecule has 2 heterocycles. The molecule has 0 aliphatic carbocycles. The first-order valence-corrected chi connectivity index (χ1v) is 7.66. The molecule has 1 aromatic carbocycles. The highest BCUT2D eigenvalue weighted by atomic mass is 19.1. The third-order valence-corrected chi connectivity index (χ3v) is 3.89. The Hall–Kier alpha value is -2.34. The minimum atomic E-state index is -0.346. The second kappa shape index (κ2) is 7.28. The number of amides is 1. The third-order valence-electron chi connectivity index (χ3n) is 3.89. The summed E-state index contributed by atoms with van der Waals surface area (Å²) in [7, 11) is 0. The molecule has 1 amide bonds. The number of ether oxygens (including phenoxy) is 1. The van der Waals surface area contributed by atoms with Crippen LogP contribution in [0.15, 0.2) is 47.1 Å². The predicted molar refractivity (Wildman–Crippen MR) is 82.9 cm³/mol. The van der Waals surface area contributed by atoms with Crippen LogP contribution in [0.5, 0.6) is 5.75 Å². The van der Waals surface area contributed by atoms with Gasteiger partial charge in [0.1, 0.15) is 6.61 Å². The number of hydrogen-bond acceptors (Lipinski definition) is 4. The number of halogens is 1. The zero-order chi connectivity index (χ0) is 16.1. The standard InChI is InChI=1S/C17H19FN2O3/c18-14-4-1-2-5-15(14)23-13-11-19-7-9-20(10-8-19)17(21)16-6-3-12-22-16/h1-6,12H,7-11,13H2. The van der Waals surface area contributed by atoms with Crippen LogP contribution in [0.25, 0.3) is 0 Å². The first kappa shape index (κ1) is 15.6. The quantitative estimate of drug-likeness (QED) is 0.848. The number of carbonyl (C=O) groups is 1. The predicted octanol–water partition coefficient (Wildman–Crippen LogP) is 2.26. The second-order valence-electron chi connectivity index (χ2n) is 5.39. The number of benzene rings is 1. The lowest BCUT2D eigenvalue weighted by atomic mass is 10.3. The fraction of sp³-hybridized carbons (Fsp3) is 0.353. The second-order valence-corrected chi connectivity index (χ2v) is 5.39. The summed E-state index contributed by atoms with van der Waals surface area (Å²) >= 11 is 0. The van der Waals surface area contributed by atoms with Crippen molar-refractivity contribution in [1.82, 2.24) is 9.80 Å². The van der Waals surface area contributed by atoms with E-state index in [0.717, 1.165) is 13.1 Å². The van der Waals surface area contributed by atoms with Gasteiger partial charge in [-0.1, -0.05) is 12.1 Å². The average Bonchev–Trinajstić information content (AvgIpc) is 3.11. The molecular formula is C17H19FN2O3. The zero-order valence-electron chi connectivity index (χ0n) is 12.8. The van der Waals surface area contributed by atoms with Gasteiger partial charge in [0.15, 0.2) is 17.3 Å². The van der Waals surface area contributed by atoms with E-state index in [4.69, 9.17) is 9.15 Å². The lowest BCUT2D eigenvalue weighted by molar-refractivity contribution is 0.0589. The molecule has 0 N–H and O–H groups in total. The van der Waals surface area contributed by atoms with Crippen molar-refractivity contribution in [3.05, 3.63) is 54.2 Å². The third kappa shape index (κ3) is 3.90. The van der Waals surface area contributed by atoms with Crippen molar-refractivity contribution >= 4 is 5.91 Å². The summed E-state index contributed by atoms with van der Waals surface area (Å²) in [5.74, 6) is 0.235. The van der Waals surface area contributed by atoms with Crippen LogP contribution in [-0.2, 0) is 0 Å². The molecule has 3 rings (SSSR count). The molecule has 6 heteroatoms. The summed E-state index contributed by atoms with van der Waals surface area (Å²) in [4.78, 5) is 16.1. The number of furan rings is 1. The fourth-order valence-corrected chi connectivity index (χ4v) is 2.58. The number of rotatable bonds is 5. The lowest BCUT2D eigenvalue weighted by Crippen LogP contribution is -2.49. The zero-order valence-corrected chi connectivity index (χ0v) is 12.8. The highest BCUT2D eigenvalue weighted by Crippen LogP contribution is 2.15. The van der Waals surface area contributed by atoms with Gasteiger partial charge >= 0.3 is 0 Å². The van der Waals surface area contributed by atoms with E-state index in [9.17, 15) is 9.18 Å². The lowest BCUT2D eigenvalue weighted by Gasteiger charge is -2.34. The molecule has 1 aliphatic heterocycles. The molecule has 0 unspecified atom stereocenters. The Labute approximate surface area is 134 Å². The normalized spacial score (nSPS) is 15.6. The van der Waals surface area contributed by atoms with Gasteiger partial charge in [0.2, 0.25) is 0 Å². The highest BCUT2D eigenvalue weighted by Gasteiger charge is 2.23. The summed E-state index contributed by atoms with van der Waals surface area (Å²) in [5, 5.41) is 0. The minimum Gasteiger partial charge on any atom is -0.489 e. The van der Waals surface area contributed by atoms with Crippen molar-refractivity contribution < 1.29 is 18.3 Å². The maximum Gasteiger partial charge on any atom is 0.289 e. The highest BCUT2D eigenvalue weighted by molar-refractivity contribution is 5.91. The molecule has 0 bridgehead atoms. The van der Waals surface area contributed by atoms with Crippen molar-refractivity contribution in [2.45, 2.75) is 0 Å². The van der Waals surface area contributed by atoms with Crippen molar-refractivity contribution in [2.75, 3.05) is 39.3 Å². The van der Waals surface area contributed by atoms with Gasteiger partial charge in [0, 0.05) is 32.7 Å². The van der Waals surface area contributed by atoms with Crippen LogP contribution in [0, 0.1) is 5.82 Å². The van der Waals surface area contributed by atoms with Crippen molar-refractivity contribution in [2.24, 2.45) is 0 Å². The number of para-hydroxylation sites is 1. The van der Waals surface area contributed by atoms with E-state index >= 15 is 0 Å². The molecule has 2 aromatic rings. The number of piperazine rings is 1. The Balaban J connectivity index is 1.41. The summed E-state index contributed by atoms with van der Waals surface area (Å²) in [6.45, 7) is 3.98. The van der Waals surface area contributed by atoms with Crippen LogP contribution in [0.4, 0.5) is 4.39 Å². The Morgan fingerprint density at radius 3 is 2.61 bits per heavy atom. The van der Waals surface area contributed by atoms with Gasteiger partial charge in [-0.05, 0) is 24.3 Å². The molecule has 0 radical (unpaired) electrons. The molecule has 1 aromatic heterocycles. The van der Waals surface area contributed by atoms with Crippen LogP contribution >= 0.6 is 0 Å². The molecular weight excluding hydrogens is 299 g/mol. The van der Waals surface area contributed by atoms with Gasteiger partial charge in [0.05, 0.1) is 6.26 Å². The molecule has 5 nitrogen and oxygen atoms in total. The Bertz CT molecular complexity index is 637. The molecule has 1 fully saturated rings. The smallest absolute Gasteiger partial charge is 0.289 e. The van der Waals surface area contributed by atoms with E-state index in [1.54, 1.807) is 35.2 Å². The molecule has 0 saturated carbocycles. The Kier molecular flexibility index (Phi) is 4.92. The summed E-state index contributed by atoms with van der Waals surface area (Å²) in [6.07, 6.45) is 1.50. The molecule has 122 valence electrons. The Morgan fingerprint density at radius 1 is 1.13 bits per heavy atom. The van der Waals surface area contributed by atoms with Crippen molar-refractivity contribution in [1.29, 1.82) is 0 Å². The van der Waals surface area contributed by atoms with Gasteiger partial charge in [-0.3, -0.25) is 9.69 Å². The van der Waals surface area contributed by atoms with Gasteiger partial charge in [-0.15, -0.1) is 0 Å². The maximum absolute atomic E-state index is 13.4. The Morgan fingerprint density at radius 2 is 1.91 bits per heavy atom. The van der Waals surface area contributed by atoms with Crippen LogP contribution in [-0.4, -0.2) is 55.0 Å². The van der Waals surface area contributed by atoms with Crippen molar-refractivity contribution in [3.63, 3.8) is 0 Å². The summed E-state index contributed by atoms with van der Waals surface area (Å²) in [5.41, 5.74) is 0. The average molecular weight is 318 g/mol. The number of carbonyl (C=O) groups excluding carboxylic acids is 1. The number of hydrogen-bond donors (Lipinski definition) is 0. The molecule has 1 aliphatic rings. The molecule has 0 spiro atoms. The van der Waals surface area contributed by atoms with E-state index < -0.39 is 0 Å². The molecule has 0 atom stereocenters. The number of nitrogens with zero attached hydrogens (tertiary/aromatic N) is 2. The fourth-order valence-electron chi connectivity index (χ4n) is 2.58. The first-order chi connectivity index (χ1) is 11.2. The van der Waals surface area contributed by atoms with Gasteiger partial charge < -0.3 is 14.1 Å². The van der Waals surface area contributed by atoms with E-state index in [2.05, 4.69) is 4.90 Å². The van der Waals surface area contributed by atoms with Gasteiger partial charge in [-0.25, -0.2) is 4.39 Å². The van der Waals surface area contributed by atoms with E-state index in [1.807, 2.05) is 0 Å². The van der Waals surface area contributed by atoms with Gasteiger partial charge in [0.25, 0.3) is 5.91 Å². The SMILES string of the molecule is O=C(c1ccco1)N1CCN(CCOc2ccccc2F)CC1. The monoisotopic (exact) mass is 318 g/mol. The van der Waals surface area contributed by atoms with Crippen LogP contribution in [0.1, 0.15) is 10.6 Å². The van der Waals surface area contributed by atoms with E-state index in [0.29, 0.717) is 32.0 Å².